The molecule has 0 saturated heterocycles. The smallest absolute Gasteiger partial charge is 0.307 e. The first-order valence-electron chi connectivity index (χ1n) is 2.76. The minimum Gasteiger partial charge on any atom is -0.435 e. The third kappa shape index (κ3) is 67.3. The molecule has 0 aromatic carbocycles. The summed E-state index contributed by atoms with van der Waals surface area (Å²) in [6, 6.07) is 0. The van der Waals surface area contributed by atoms with Crippen molar-refractivity contribution in [2.24, 2.45) is 0 Å². The molecule has 0 rings (SSSR count). The molecule has 0 amide bonds. The second-order valence-corrected chi connectivity index (χ2v) is 1.68. The van der Waals surface area contributed by atoms with Gasteiger partial charge in [0.25, 0.3) is 0 Å². The van der Waals surface area contributed by atoms with E-state index in [0.717, 1.165) is 6.26 Å². The number of esters is 1. The number of hydrogen-bond acceptors (Lipinski definition) is 3. The van der Waals surface area contributed by atoms with E-state index in [0.29, 0.717) is 0 Å². The largest absolute Gasteiger partial charge is 0.435 e. The topological polar surface area (TPSA) is 43.4 Å². The Labute approximate surface area is 60.7 Å². The maximum Gasteiger partial charge on any atom is 0.307 e. The minimum atomic E-state index is -0.329. The van der Waals surface area contributed by atoms with Crippen LogP contribution >= 0.6 is 0 Å². The van der Waals surface area contributed by atoms with E-state index < -0.39 is 0 Å². The summed E-state index contributed by atoms with van der Waals surface area (Å²) in [7, 11) is 0. The number of ether oxygens (including phenoxy) is 1. The van der Waals surface area contributed by atoms with Crippen LogP contribution in [0.15, 0.2) is 12.8 Å². The molecule has 0 N–H and O–H groups in total. The van der Waals surface area contributed by atoms with Crippen LogP contribution < -0.4 is 0 Å². The molecule has 0 atom stereocenters. The molecule has 0 saturated carbocycles. The highest BCUT2D eigenvalue weighted by Crippen LogP contribution is 1.70. The Bertz CT molecular complexity index is 123. The zero-order chi connectivity index (χ0) is 8.57. The third-order valence-corrected chi connectivity index (χ3v) is 0.249. The van der Waals surface area contributed by atoms with Crippen molar-refractivity contribution in [1.29, 1.82) is 0 Å². The van der Waals surface area contributed by atoms with E-state index in [-0.39, 0.29) is 11.8 Å². The van der Waals surface area contributed by atoms with E-state index in [1.165, 1.54) is 20.8 Å². The summed E-state index contributed by atoms with van der Waals surface area (Å²) in [6.45, 7) is 7.53. The van der Waals surface area contributed by atoms with Crippen LogP contribution in [0.2, 0.25) is 0 Å². The lowest BCUT2D eigenvalue weighted by Gasteiger charge is -1.83. The van der Waals surface area contributed by atoms with Gasteiger partial charge in [-0.05, 0) is 13.8 Å². The molecule has 0 heterocycles. The van der Waals surface area contributed by atoms with Gasteiger partial charge in [-0.1, -0.05) is 6.58 Å². The number of carbonyl (C=O) groups excluding carboxylic acids is 2. The summed E-state index contributed by atoms with van der Waals surface area (Å²) in [5, 5.41) is 0. The molecule has 3 heteroatoms. The van der Waals surface area contributed by atoms with Gasteiger partial charge in [0, 0.05) is 6.92 Å². The number of hydrogen-bond donors (Lipinski definition) is 0. The van der Waals surface area contributed by atoms with Crippen molar-refractivity contribution in [3.05, 3.63) is 12.8 Å². The van der Waals surface area contributed by atoms with Crippen LogP contribution in [0.3, 0.4) is 0 Å². The maximum atomic E-state index is 9.75. The molecule has 0 fully saturated rings. The standard InChI is InChI=1S/C4H6O2.C3H6O/c1-3-6-4(2)5;1-3(2)4/h3H,1H2,2H3;1-2H3. The van der Waals surface area contributed by atoms with Gasteiger partial charge in [0.15, 0.2) is 0 Å². The molecule has 0 aliphatic rings. The fraction of sp³-hybridized carbons (Fsp3) is 0.429. The van der Waals surface area contributed by atoms with Crippen LogP contribution in [0, 0.1) is 0 Å². The number of ketones is 1. The number of rotatable bonds is 1. The van der Waals surface area contributed by atoms with Crippen LogP contribution in [0.4, 0.5) is 0 Å². The first-order chi connectivity index (χ1) is 4.50. The molecular formula is C7H12O3. The van der Waals surface area contributed by atoms with E-state index in [1.54, 1.807) is 0 Å². The minimum absolute atomic E-state index is 0.167. The molecule has 0 aromatic rings. The van der Waals surface area contributed by atoms with E-state index in [1.807, 2.05) is 0 Å². The molecule has 0 aliphatic heterocycles. The van der Waals surface area contributed by atoms with Gasteiger partial charge in [0.05, 0.1) is 6.26 Å². The average molecular weight is 144 g/mol. The monoisotopic (exact) mass is 144 g/mol. The Morgan fingerprint density at radius 2 is 1.60 bits per heavy atom. The van der Waals surface area contributed by atoms with E-state index >= 15 is 0 Å². The van der Waals surface area contributed by atoms with Crippen molar-refractivity contribution >= 4 is 11.8 Å². The number of carbonyl (C=O) groups is 2. The van der Waals surface area contributed by atoms with Crippen LogP contribution in [-0.4, -0.2) is 11.8 Å². The Morgan fingerprint density at radius 3 is 1.60 bits per heavy atom. The Balaban J connectivity index is 0. The summed E-state index contributed by atoms with van der Waals surface area (Å²) in [5.41, 5.74) is 0. The van der Waals surface area contributed by atoms with Gasteiger partial charge in [-0.3, -0.25) is 4.79 Å². The quantitative estimate of drug-likeness (QED) is 0.411. The van der Waals surface area contributed by atoms with Gasteiger partial charge in [0.2, 0.25) is 0 Å². The van der Waals surface area contributed by atoms with Gasteiger partial charge in [-0.2, -0.15) is 0 Å². The van der Waals surface area contributed by atoms with Gasteiger partial charge in [-0.15, -0.1) is 0 Å². The lowest BCUT2D eigenvalue weighted by atomic mass is 10.6. The van der Waals surface area contributed by atoms with Crippen molar-refractivity contribution in [2.45, 2.75) is 20.8 Å². The van der Waals surface area contributed by atoms with Crippen molar-refractivity contribution in [2.75, 3.05) is 0 Å². The zero-order valence-electron chi connectivity index (χ0n) is 6.51. The molecule has 10 heavy (non-hydrogen) atoms. The van der Waals surface area contributed by atoms with Gasteiger partial charge >= 0.3 is 5.97 Å². The Morgan fingerprint density at radius 1 is 1.30 bits per heavy atom. The van der Waals surface area contributed by atoms with Crippen LogP contribution in [0.5, 0.6) is 0 Å². The van der Waals surface area contributed by atoms with Gasteiger partial charge in [0.1, 0.15) is 5.78 Å². The van der Waals surface area contributed by atoms with Crippen LogP contribution in [0.1, 0.15) is 20.8 Å². The lowest BCUT2D eigenvalue weighted by Crippen LogP contribution is -1.87. The van der Waals surface area contributed by atoms with Crippen LogP contribution in [-0.2, 0) is 14.3 Å². The first-order valence-corrected chi connectivity index (χ1v) is 2.76. The normalized spacial score (nSPS) is 6.70. The average Bonchev–Trinajstić information content (AvgIpc) is 1.62. The molecule has 0 aromatic heterocycles. The van der Waals surface area contributed by atoms with E-state index in [2.05, 4.69) is 11.3 Å². The summed E-state index contributed by atoms with van der Waals surface area (Å²) >= 11 is 0. The molecule has 0 unspecified atom stereocenters. The van der Waals surface area contributed by atoms with Crippen molar-refractivity contribution in [3.8, 4) is 0 Å². The first kappa shape index (κ1) is 11.6. The highest BCUT2D eigenvalue weighted by atomic mass is 16.5. The Hall–Kier alpha value is -1.12. The zero-order valence-corrected chi connectivity index (χ0v) is 6.51. The fourth-order valence-corrected chi connectivity index (χ4v) is 0.117. The Kier molecular flexibility index (Phi) is 9.18. The highest BCUT2D eigenvalue weighted by Gasteiger charge is 1.79. The highest BCUT2D eigenvalue weighted by molar-refractivity contribution is 5.72. The predicted octanol–water partition coefficient (Wildman–Crippen LogP) is 1.29. The molecule has 3 nitrogen and oxygen atoms in total. The summed E-state index contributed by atoms with van der Waals surface area (Å²) < 4.78 is 4.17. The van der Waals surface area contributed by atoms with Crippen molar-refractivity contribution in [3.63, 3.8) is 0 Å². The SMILES string of the molecule is C=COC(C)=O.CC(C)=O. The molecular weight excluding hydrogens is 132 g/mol. The summed E-state index contributed by atoms with van der Waals surface area (Å²) in [5.74, 6) is -0.162. The third-order valence-electron chi connectivity index (χ3n) is 0.249. The van der Waals surface area contributed by atoms with Crippen LogP contribution in [0.25, 0.3) is 0 Å². The second-order valence-electron chi connectivity index (χ2n) is 1.68. The molecule has 0 spiro atoms. The van der Waals surface area contributed by atoms with Gasteiger partial charge in [-0.25, -0.2) is 0 Å². The lowest BCUT2D eigenvalue weighted by molar-refractivity contribution is -0.135. The molecule has 0 aliphatic carbocycles. The maximum absolute atomic E-state index is 9.75. The van der Waals surface area contributed by atoms with Crippen molar-refractivity contribution in [1.82, 2.24) is 0 Å². The summed E-state index contributed by atoms with van der Waals surface area (Å²) in [4.78, 5) is 19.2. The van der Waals surface area contributed by atoms with E-state index in [4.69, 9.17) is 0 Å². The summed E-state index contributed by atoms with van der Waals surface area (Å²) in [6.07, 6.45) is 1.10. The molecule has 0 radical (unpaired) electrons. The number of Topliss-reactive ketones (excluding diaryl/α,β-unsaturated/α-hetero) is 1. The predicted molar refractivity (Wildman–Crippen MR) is 38.3 cm³/mol. The van der Waals surface area contributed by atoms with Crippen molar-refractivity contribution < 1.29 is 14.3 Å². The molecule has 58 valence electrons. The molecule has 0 bridgehead atoms. The fourth-order valence-electron chi connectivity index (χ4n) is 0.117. The van der Waals surface area contributed by atoms with E-state index in [9.17, 15) is 9.59 Å². The second kappa shape index (κ2) is 7.88. The van der Waals surface area contributed by atoms with Gasteiger partial charge < -0.3 is 9.53 Å².